The summed E-state index contributed by atoms with van der Waals surface area (Å²) in [6, 6.07) is 18.6. The molecule has 0 radical (unpaired) electrons. The zero-order chi connectivity index (χ0) is 24.5. The minimum Gasteiger partial charge on any atom is -0.497 e. The van der Waals surface area contributed by atoms with Gasteiger partial charge in [0, 0.05) is 22.3 Å². The van der Waals surface area contributed by atoms with E-state index >= 15 is 0 Å². The van der Waals surface area contributed by atoms with E-state index in [0.29, 0.717) is 27.8 Å². The van der Waals surface area contributed by atoms with Gasteiger partial charge >= 0.3 is 0 Å². The van der Waals surface area contributed by atoms with Gasteiger partial charge in [-0.15, -0.1) is 11.3 Å². The highest BCUT2D eigenvalue weighted by molar-refractivity contribution is 9.10. The fourth-order valence-electron chi connectivity index (χ4n) is 3.34. The maximum atomic E-state index is 13.0. The second-order valence-corrected chi connectivity index (χ2v) is 11.2. The zero-order valence-corrected chi connectivity index (χ0v) is 21.8. The number of nitrogens with zero attached hydrogens (tertiary/aromatic N) is 1. The van der Waals surface area contributed by atoms with Crippen molar-refractivity contribution in [1.82, 2.24) is 0 Å². The number of thiophene rings is 1. The van der Waals surface area contributed by atoms with Crippen LogP contribution < -0.4 is 19.1 Å². The standard InChI is InChI=1S/C24H21BrN2O5S2/c1-27(34(29,30)19-8-4-16(25)5-9-19)17-6-11-22-15(12-17)13-23(33-22)24(28)26-20-14-18(31-2)7-10-21(20)32-3/h4-14H,1-3H3,(H,26,28). The van der Waals surface area contributed by atoms with Crippen LogP contribution in [0.2, 0.25) is 0 Å². The van der Waals surface area contributed by atoms with Crippen molar-refractivity contribution in [2.75, 3.05) is 30.9 Å². The first-order valence-corrected chi connectivity index (χ1v) is 13.1. The molecule has 7 nitrogen and oxygen atoms in total. The summed E-state index contributed by atoms with van der Waals surface area (Å²) in [6.45, 7) is 0. The van der Waals surface area contributed by atoms with E-state index in [9.17, 15) is 13.2 Å². The largest absolute Gasteiger partial charge is 0.497 e. The molecular weight excluding hydrogens is 540 g/mol. The van der Waals surface area contributed by atoms with E-state index in [-0.39, 0.29) is 10.8 Å². The van der Waals surface area contributed by atoms with Crippen LogP contribution in [-0.4, -0.2) is 35.6 Å². The number of sulfonamides is 1. The summed E-state index contributed by atoms with van der Waals surface area (Å²) in [6.07, 6.45) is 0. The molecule has 0 aliphatic rings. The zero-order valence-electron chi connectivity index (χ0n) is 18.5. The van der Waals surface area contributed by atoms with E-state index in [4.69, 9.17) is 9.47 Å². The molecule has 0 fully saturated rings. The van der Waals surface area contributed by atoms with Gasteiger partial charge in [-0.05, 0) is 66.0 Å². The lowest BCUT2D eigenvalue weighted by Gasteiger charge is -2.19. The fraction of sp³-hybridized carbons (Fsp3) is 0.125. The number of nitrogens with one attached hydrogen (secondary N) is 1. The maximum Gasteiger partial charge on any atom is 0.265 e. The molecule has 1 aromatic heterocycles. The summed E-state index contributed by atoms with van der Waals surface area (Å²) in [5.74, 6) is 0.801. The van der Waals surface area contributed by atoms with Crippen molar-refractivity contribution in [2.24, 2.45) is 0 Å². The van der Waals surface area contributed by atoms with Crippen molar-refractivity contribution in [3.8, 4) is 11.5 Å². The van der Waals surface area contributed by atoms with E-state index < -0.39 is 10.0 Å². The summed E-state index contributed by atoms with van der Waals surface area (Å²) >= 11 is 4.63. The smallest absolute Gasteiger partial charge is 0.265 e. The quantitative estimate of drug-likeness (QED) is 0.310. The monoisotopic (exact) mass is 560 g/mol. The van der Waals surface area contributed by atoms with Crippen LogP contribution in [0.1, 0.15) is 9.67 Å². The summed E-state index contributed by atoms with van der Waals surface area (Å²) in [5, 5.41) is 3.62. The minimum atomic E-state index is -3.73. The first kappa shape index (κ1) is 24.1. The number of hydrogen-bond donors (Lipinski definition) is 1. The number of methoxy groups -OCH3 is 2. The number of fused-ring (bicyclic) bond motifs is 1. The van der Waals surface area contributed by atoms with Crippen molar-refractivity contribution < 1.29 is 22.7 Å². The maximum absolute atomic E-state index is 13.0. The van der Waals surface area contributed by atoms with Crippen LogP contribution in [0.4, 0.5) is 11.4 Å². The van der Waals surface area contributed by atoms with Gasteiger partial charge in [0.05, 0.1) is 35.4 Å². The van der Waals surface area contributed by atoms with Crippen LogP contribution in [0.5, 0.6) is 11.5 Å². The molecule has 1 heterocycles. The van der Waals surface area contributed by atoms with Gasteiger partial charge in [0.2, 0.25) is 0 Å². The summed E-state index contributed by atoms with van der Waals surface area (Å²) in [4.78, 5) is 13.6. The molecule has 0 atom stereocenters. The van der Waals surface area contributed by atoms with Gasteiger partial charge in [-0.1, -0.05) is 15.9 Å². The fourth-order valence-corrected chi connectivity index (χ4v) is 5.73. The van der Waals surface area contributed by atoms with Gasteiger partial charge in [0.1, 0.15) is 11.5 Å². The number of carbonyl (C=O) groups excluding carboxylic acids is 1. The van der Waals surface area contributed by atoms with Gasteiger partial charge in [-0.2, -0.15) is 0 Å². The van der Waals surface area contributed by atoms with Gasteiger partial charge in [-0.25, -0.2) is 8.42 Å². The number of amides is 1. The third-order valence-electron chi connectivity index (χ3n) is 5.21. The second-order valence-electron chi connectivity index (χ2n) is 7.28. The van der Waals surface area contributed by atoms with E-state index in [2.05, 4.69) is 21.2 Å². The molecular formula is C24H21BrN2O5S2. The van der Waals surface area contributed by atoms with Crippen LogP contribution >= 0.6 is 27.3 Å². The number of carbonyl (C=O) groups is 1. The number of hydrogen-bond acceptors (Lipinski definition) is 6. The lowest BCUT2D eigenvalue weighted by molar-refractivity contribution is 0.103. The Kier molecular flexibility index (Phi) is 6.83. The highest BCUT2D eigenvalue weighted by atomic mass is 79.9. The van der Waals surface area contributed by atoms with Gasteiger partial charge in [0.25, 0.3) is 15.9 Å². The Bertz CT molecular complexity index is 1470. The summed E-state index contributed by atoms with van der Waals surface area (Å²) < 4.78 is 39.5. The Hall–Kier alpha value is -3.08. The molecule has 34 heavy (non-hydrogen) atoms. The number of anilines is 2. The Morgan fingerprint density at radius 2 is 1.71 bits per heavy atom. The average molecular weight is 561 g/mol. The third kappa shape index (κ3) is 4.75. The Labute approximate surface area is 210 Å². The van der Waals surface area contributed by atoms with E-state index in [1.165, 1.54) is 29.8 Å². The highest BCUT2D eigenvalue weighted by Gasteiger charge is 2.22. The molecule has 176 valence electrons. The highest BCUT2D eigenvalue weighted by Crippen LogP contribution is 2.33. The van der Waals surface area contributed by atoms with E-state index in [0.717, 1.165) is 14.6 Å². The molecule has 0 saturated carbocycles. The van der Waals surface area contributed by atoms with Crippen LogP contribution in [0.25, 0.3) is 10.1 Å². The first-order chi connectivity index (χ1) is 16.2. The van der Waals surface area contributed by atoms with E-state index in [1.54, 1.807) is 67.8 Å². The van der Waals surface area contributed by atoms with Gasteiger partial charge < -0.3 is 14.8 Å². The van der Waals surface area contributed by atoms with Crippen molar-refractivity contribution in [1.29, 1.82) is 0 Å². The molecule has 0 aliphatic carbocycles. The number of halogens is 1. The van der Waals surface area contributed by atoms with Crippen LogP contribution in [0.3, 0.4) is 0 Å². The molecule has 4 aromatic rings. The first-order valence-electron chi connectivity index (χ1n) is 10.0. The molecule has 1 N–H and O–H groups in total. The topological polar surface area (TPSA) is 84.9 Å². The average Bonchev–Trinajstić information content (AvgIpc) is 3.27. The van der Waals surface area contributed by atoms with E-state index in [1.807, 2.05) is 6.07 Å². The Balaban J connectivity index is 1.61. The van der Waals surface area contributed by atoms with Gasteiger partial charge in [0.15, 0.2) is 0 Å². The van der Waals surface area contributed by atoms with Crippen molar-refractivity contribution >= 4 is 64.7 Å². The van der Waals surface area contributed by atoms with Crippen LogP contribution in [0.15, 0.2) is 76.1 Å². The number of ether oxygens (including phenoxy) is 2. The van der Waals surface area contributed by atoms with Crippen molar-refractivity contribution in [3.05, 3.63) is 76.1 Å². The summed E-state index contributed by atoms with van der Waals surface area (Å²) in [7, 11) is 0.848. The minimum absolute atomic E-state index is 0.191. The molecule has 0 saturated heterocycles. The Morgan fingerprint density at radius 1 is 0.971 bits per heavy atom. The van der Waals surface area contributed by atoms with Gasteiger partial charge in [-0.3, -0.25) is 9.10 Å². The lowest BCUT2D eigenvalue weighted by atomic mass is 10.2. The Morgan fingerprint density at radius 3 is 2.38 bits per heavy atom. The molecule has 0 unspecified atom stereocenters. The molecule has 4 rings (SSSR count). The predicted molar refractivity (Wildman–Crippen MR) is 139 cm³/mol. The molecule has 0 aliphatic heterocycles. The second kappa shape index (κ2) is 9.65. The van der Waals surface area contributed by atoms with Crippen LogP contribution in [0, 0.1) is 0 Å². The summed E-state index contributed by atoms with van der Waals surface area (Å²) in [5.41, 5.74) is 0.986. The third-order valence-corrected chi connectivity index (χ3v) is 8.66. The van der Waals surface area contributed by atoms with Crippen molar-refractivity contribution in [3.63, 3.8) is 0 Å². The molecule has 0 spiro atoms. The molecule has 10 heteroatoms. The normalized spacial score (nSPS) is 11.3. The number of benzene rings is 3. The predicted octanol–water partition coefficient (Wildman–Crippen LogP) is 5.76. The number of rotatable bonds is 7. The lowest BCUT2D eigenvalue weighted by Crippen LogP contribution is -2.26. The van der Waals surface area contributed by atoms with Crippen molar-refractivity contribution in [2.45, 2.75) is 4.90 Å². The molecule has 1 amide bonds. The van der Waals surface area contributed by atoms with Crippen LogP contribution in [-0.2, 0) is 10.0 Å². The molecule has 0 bridgehead atoms. The SMILES string of the molecule is COc1ccc(OC)c(NC(=O)c2cc3cc(N(C)S(=O)(=O)c4ccc(Br)cc4)ccc3s2)c1. The molecule has 3 aromatic carbocycles.